The standard InChI is InChI=1S/C13H12Cl2N2O2/c14-11-9-16-17(13(18)12(11)15)7-4-8-19-10-5-2-1-3-6-10/h1-3,5-6,9H,4,7-8H2. The van der Waals surface area contributed by atoms with E-state index in [-0.39, 0.29) is 15.6 Å². The van der Waals surface area contributed by atoms with Gasteiger partial charge < -0.3 is 4.74 Å². The molecule has 0 N–H and O–H groups in total. The van der Waals surface area contributed by atoms with Crippen molar-refractivity contribution in [1.82, 2.24) is 9.78 Å². The first-order valence-corrected chi connectivity index (χ1v) is 6.53. The molecule has 0 saturated carbocycles. The summed E-state index contributed by atoms with van der Waals surface area (Å²) in [7, 11) is 0. The van der Waals surface area contributed by atoms with Crippen LogP contribution in [-0.4, -0.2) is 16.4 Å². The van der Waals surface area contributed by atoms with Crippen molar-refractivity contribution in [1.29, 1.82) is 0 Å². The van der Waals surface area contributed by atoms with Gasteiger partial charge in [-0.1, -0.05) is 41.4 Å². The van der Waals surface area contributed by atoms with Crippen molar-refractivity contribution in [3.8, 4) is 5.75 Å². The van der Waals surface area contributed by atoms with Crippen LogP contribution in [0.1, 0.15) is 6.42 Å². The molecule has 0 unspecified atom stereocenters. The van der Waals surface area contributed by atoms with E-state index in [0.29, 0.717) is 19.6 Å². The second-order valence-electron chi connectivity index (χ2n) is 3.85. The number of aromatic nitrogens is 2. The normalized spacial score (nSPS) is 10.4. The third-order valence-electron chi connectivity index (χ3n) is 2.47. The Morgan fingerprint density at radius 1 is 1.21 bits per heavy atom. The van der Waals surface area contributed by atoms with Crippen LogP contribution in [0.4, 0.5) is 0 Å². The fourth-order valence-electron chi connectivity index (χ4n) is 1.53. The molecule has 1 aromatic carbocycles. The van der Waals surface area contributed by atoms with Crippen LogP contribution in [0.15, 0.2) is 41.3 Å². The van der Waals surface area contributed by atoms with Crippen LogP contribution in [0.3, 0.4) is 0 Å². The first-order chi connectivity index (χ1) is 9.18. The van der Waals surface area contributed by atoms with Crippen molar-refractivity contribution in [2.45, 2.75) is 13.0 Å². The summed E-state index contributed by atoms with van der Waals surface area (Å²) in [5, 5.41) is 4.09. The molecular weight excluding hydrogens is 287 g/mol. The molecule has 0 spiro atoms. The number of ether oxygens (including phenoxy) is 1. The van der Waals surface area contributed by atoms with Crippen molar-refractivity contribution in [3.63, 3.8) is 0 Å². The van der Waals surface area contributed by atoms with Crippen molar-refractivity contribution >= 4 is 23.2 Å². The maximum absolute atomic E-state index is 11.7. The van der Waals surface area contributed by atoms with E-state index in [1.807, 2.05) is 30.3 Å². The highest BCUT2D eigenvalue weighted by molar-refractivity contribution is 6.41. The fraction of sp³-hybridized carbons (Fsp3) is 0.231. The Labute approximate surface area is 120 Å². The van der Waals surface area contributed by atoms with Gasteiger partial charge >= 0.3 is 0 Å². The average Bonchev–Trinajstić information content (AvgIpc) is 2.44. The summed E-state index contributed by atoms with van der Waals surface area (Å²) in [6.45, 7) is 0.931. The Morgan fingerprint density at radius 2 is 1.95 bits per heavy atom. The Morgan fingerprint density at radius 3 is 2.68 bits per heavy atom. The third-order valence-corrected chi connectivity index (χ3v) is 3.22. The quantitative estimate of drug-likeness (QED) is 0.797. The molecule has 2 rings (SSSR count). The van der Waals surface area contributed by atoms with Gasteiger partial charge in [0.2, 0.25) is 0 Å². The van der Waals surface area contributed by atoms with Gasteiger partial charge in [0.1, 0.15) is 10.8 Å². The lowest BCUT2D eigenvalue weighted by Gasteiger charge is -2.07. The van der Waals surface area contributed by atoms with E-state index in [1.165, 1.54) is 10.9 Å². The van der Waals surface area contributed by atoms with Crippen LogP contribution in [0, 0.1) is 0 Å². The van der Waals surface area contributed by atoms with Crippen molar-refractivity contribution in [2.24, 2.45) is 0 Å². The van der Waals surface area contributed by atoms with Gasteiger partial charge in [-0.3, -0.25) is 4.79 Å². The van der Waals surface area contributed by atoms with Crippen LogP contribution in [0.25, 0.3) is 0 Å². The monoisotopic (exact) mass is 298 g/mol. The minimum atomic E-state index is -0.381. The molecule has 0 aliphatic heterocycles. The highest BCUT2D eigenvalue weighted by Crippen LogP contribution is 2.14. The fourth-order valence-corrected chi connectivity index (χ4v) is 1.80. The molecule has 0 bridgehead atoms. The summed E-state index contributed by atoms with van der Waals surface area (Å²) in [5.41, 5.74) is -0.381. The number of hydrogen-bond acceptors (Lipinski definition) is 3. The predicted octanol–water partition coefficient (Wildman–Crippen LogP) is 3.02. The molecule has 0 fully saturated rings. The number of aryl methyl sites for hydroxylation is 1. The Hall–Kier alpha value is -1.52. The lowest BCUT2D eigenvalue weighted by atomic mass is 10.3. The zero-order chi connectivity index (χ0) is 13.7. The molecular formula is C13H12Cl2N2O2. The van der Waals surface area contributed by atoms with Crippen LogP contribution < -0.4 is 10.3 Å². The minimum absolute atomic E-state index is 0.000597. The topological polar surface area (TPSA) is 44.1 Å². The molecule has 0 saturated heterocycles. The maximum atomic E-state index is 11.7. The van der Waals surface area contributed by atoms with Gasteiger partial charge in [0.15, 0.2) is 0 Å². The molecule has 100 valence electrons. The molecule has 0 atom stereocenters. The molecule has 0 aliphatic carbocycles. The van der Waals surface area contributed by atoms with Gasteiger partial charge in [-0.2, -0.15) is 5.10 Å². The average molecular weight is 299 g/mol. The molecule has 0 aliphatic rings. The van der Waals surface area contributed by atoms with Gasteiger partial charge in [-0.15, -0.1) is 0 Å². The maximum Gasteiger partial charge on any atom is 0.287 e. The van der Waals surface area contributed by atoms with Crippen molar-refractivity contribution < 1.29 is 4.74 Å². The second kappa shape index (κ2) is 6.59. The van der Waals surface area contributed by atoms with E-state index >= 15 is 0 Å². The molecule has 1 aromatic heterocycles. The predicted molar refractivity (Wildman–Crippen MR) is 75.1 cm³/mol. The summed E-state index contributed by atoms with van der Waals surface area (Å²) >= 11 is 11.4. The van der Waals surface area contributed by atoms with Crippen molar-refractivity contribution in [3.05, 3.63) is 56.9 Å². The highest BCUT2D eigenvalue weighted by atomic mass is 35.5. The molecule has 2 aromatic rings. The first-order valence-electron chi connectivity index (χ1n) is 5.77. The van der Waals surface area contributed by atoms with Gasteiger partial charge in [0, 0.05) is 13.0 Å². The highest BCUT2D eigenvalue weighted by Gasteiger charge is 2.06. The van der Waals surface area contributed by atoms with Crippen molar-refractivity contribution in [2.75, 3.05) is 6.61 Å². The molecule has 0 amide bonds. The summed E-state index contributed by atoms with van der Waals surface area (Å²) in [6.07, 6.45) is 2.02. The van der Waals surface area contributed by atoms with E-state index in [0.717, 1.165) is 5.75 Å². The van der Waals surface area contributed by atoms with Gasteiger partial charge in [0.05, 0.1) is 17.8 Å². The number of halogens is 2. The first kappa shape index (κ1) is 13.9. The zero-order valence-corrected chi connectivity index (χ0v) is 11.6. The number of rotatable bonds is 5. The van der Waals surface area contributed by atoms with Gasteiger partial charge in [0.25, 0.3) is 5.56 Å². The summed E-state index contributed by atoms with van der Waals surface area (Å²) in [4.78, 5) is 11.7. The van der Waals surface area contributed by atoms with Crippen LogP contribution in [0.5, 0.6) is 5.75 Å². The Balaban J connectivity index is 1.87. The van der Waals surface area contributed by atoms with Gasteiger partial charge in [-0.05, 0) is 12.1 Å². The van der Waals surface area contributed by atoms with Gasteiger partial charge in [-0.25, -0.2) is 4.68 Å². The van der Waals surface area contributed by atoms with E-state index in [4.69, 9.17) is 27.9 Å². The second-order valence-corrected chi connectivity index (χ2v) is 4.64. The number of nitrogens with zero attached hydrogens (tertiary/aromatic N) is 2. The minimum Gasteiger partial charge on any atom is -0.494 e. The smallest absolute Gasteiger partial charge is 0.287 e. The summed E-state index contributed by atoms with van der Waals surface area (Å²) in [5.74, 6) is 0.803. The van der Waals surface area contributed by atoms with E-state index in [2.05, 4.69) is 5.10 Å². The Kier molecular flexibility index (Phi) is 4.82. The van der Waals surface area contributed by atoms with E-state index in [1.54, 1.807) is 0 Å². The summed E-state index contributed by atoms with van der Waals surface area (Å²) < 4.78 is 6.80. The number of para-hydroxylation sites is 1. The summed E-state index contributed by atoms with van der Waals surface area (Å²) in [6, 6.07) is 9.49. The van der Waals surface area contributed by atoms with E-state index in [9.17, 15) is 4.79 Å². The van der Waals surface area contributed by atoms with E-state index < -0.39 is 0 Å². The molecule has 19 heavy (non-hydrogen) atoms. The lowest BCUT2D eigenvalue weighted by Crippen LogP contribution is -2.24. The molecule has 6 heteroatoms. The number of hydrogen-bond donors (Lipinski definition) is 0. The molecule has 4 nitrogen and oxygen atoms in total. The molecule has 0 radical (unpaired) electrons. The van der Waals surface area contributed by atoms with Crippen LogP contribution in [-0.2, 0) is 6.54 Å². The van der Waals surface area contributed by atoms with Crippen LogP contribution in [0.2, 0.25) is 10.0 Å². The van der Waals surface area contributed by atoms with Crippen LogP contribution >= 0.6 is 23.2 Å². The Bertz CT molecular complexity index is 599. The third kappa shape index (κ3) is 3.72. The zero-order valence-electron chi connectivity index (χ0n) is 10.1. The SMILES string of the molecule is O=c1c(Cl)c(Cl)cnn1CCCOc1ccccc1. The molecule has 1 heterocycles. The lowest BCUT2D eigenvalue weighted by molar-refractivity contribution is 0.297. The number of benzene rings is 1. The largest absolute Gasteiger partial charge is 0.494 e.